The normalized spacial score (nSPS) is 29.9. The van der Waals surface area contributed by atoms with Gasteiger partial charge in [0.25, 0.3) is 0 Å². The van der Waals surface area contributed by atoms with Gasteiger partial charge in [0, 0.05) is 18.1 Å². The van der Waals surface area contributed by atoms with E-state index in [1.54, 1.807) is 0 Å². The number of methoxy groups -OCH3 is 1. The lowest BCUT2D eigenvalue weighted by molar-refractivity contribution is -0.145. The third-order valence-electron chi connectivity index (χ3n) is 3.27. The molecule has 0 amide bonds. The third-order valence-corrected chi connectivity index (χ3v) is 3.27. The van der Waals surface area contributed by atoms with Crippen LogP contribution in [0.1, 0.15) is 27.2 Å². The first-order valence-corrected chi connectivity index (χ1v) is 5.55. The van der Waals surface area contributed by atoms with Crippen LogP contribution in [0.4, 0.5) is 0 Å². The number of carbonyl (C=O) groups excluding carboxylic acids is 1. The van der Waals surface area contributed by atoms with E-state index in [1.807, 2.05) is 13.8 Å². The van der Waals surface area contributed by atoms with Crippen LogP contribution in [0.15, 0.2) is 0 Å². The average molecular weight is 214 g/mol. The van der Waals surface area contributed by atoms with Crippen molar-refractivity contribution in [2.75, 3.05) is 20.2 Å². The number of nitrogens with one attached hydrogen (secondary N) is 2. The summed E-state index contributed by atoms with van der Waals surface area (Å²) in [7, 11) is 1.43. The number of esters is 1. The van der Waals surface area contributed by atoms with E-state index in [-0.39, 0.29) is 23.5 Å². The van der Waals surface area contributed by atoms with Gasteiger partial charge in [0.2, 0.25) is 0 Å². The van der Waals surface area contributed by atoms with Crippen molar-refractivity contribution in [3.8, 4) is 0 Å². The predicted molar refractivity (Wildman–Crippen MR) is 59.7 cm³/mol. The van der Waals surface area contributed by atoms with Gasteiger partial charge < -0.3 is 15.4 Å². The zero-order valence-corrected chi connectivity index (χ0v) is 10.1. The van der Waals surface area contributed by atoms with E-state index in [0.29, 0.717) is 0 Å². The highest BCUT2D eigenvalue weighted by atomic mass is 16.5. The fourth-order valence-corrected chi connectivity index (χ4v) is 2.00. The largest absolute Gasteiger partial charge is 0.469 e. The third kappa shape index (κ3) is 3.18. The summed E-state index contributed by atoms with van der Waals surface area (Å²) >= 11 is 0. The van der Waals surface area contributed by atoms with Crippen LogP contribution in [-0.4, -0.2) is 37.7 Å². The van der Waals surface area contributed by atoms with Gasteiger partial charge in [-0.15, -0.1) is 0 Å². The van der Waals surface area contributed by atoms with Crippen LogP contribution in [0.3, 0.4) is 0 Å². The Morgan fingerprint density at radius 1 is 1.53 bits per heavy atom. The molecule has 0 saturated carbocycles. The Kier molecular flexibility index (Phi) is 4.11. The van der Waals surface area contributed by atoms with Crippen molar-refractivity contribution < 1.29 is 9.53 Å². The Balaban J connectivity index is 2.47. The van der Waals surface area contributed by atoms with Gasteiger partial charge in [0.1, 0.15) is 0 Å². The predicted octanol–water partition coefficient (Wildman–Crippen LogP) is 0.526. The van der Waals surface area contributed by atoms with Gasteiger partial charge in [-0.3, -0.25) is 4.79 Å². The first kappa shape index (κ1) is 12.5. The van der Waals surface area contributed by atoms with Gasteiger partial charge in [-0.2, -0.15) is 0 Å². The molecule has 1 aliphatic rings. The second kappa shape index (κ2) is 4.94. The number of hydrogen-bond acceptors (Lipinski definition) is 4. The molecule has 4 nitrogen and oxygen atoms in total. The van der Waals surface area contributed by atoms with Gasteiger partial charge in [-0.1, -0.05) is 6.92 Å². The second-order valence-corrected chi connectivity index (χ2v) is 4.73. The summed E-state index contributed by atoms with van der Waals surface area (Å²) in [6.45, 7) is 8.13. The van der Waals surface area contributed by atoms with Crippen LogP contribution >= 0.6 is 0 Å². The van der Waals surface area contributed by atoms with Crippen molar-refractivity contribution in [2.24, 2.45) is 5.92 Å². The van der Waals surface area contributed by atoms with Crippen molar-refractivity contribution in [1.29, 1.82) is 0 Å². The molecule has 4 heteroatoms. The summed E-state index contributed by atoms with van der Waals surface area (Å²) in [6.07, 6.45) is 1.10. The van der Waals surface area contributed by atoms with E-state index in [1.165, 1.54) is 7.11 Å². The minimum Gasteiger partial charge on any atom is -0.469 e. The molecule has 88 valence electrons. The Hall–Kier alpha value is -0.610. The maximum absolute atomic E-state index is 11.4. The van der Waals surface area contributed by atoms with E-state index >= 15 is 0 Å². The molecule has 0 radical (unpaired) electrons. The van der Waals surface area contributed by atoms with Crippen LogP contribution in [0.2, 0.25) is 0 Å². The fourth-order valence-electron chi connectivity index (χ4n) is 2.00. The summed E-state index contributed by atoms with van der Waals surface area (Å²) < 4.78 is 4.74. The average Bonchev–Trinajstić information content (AvgIpc) is 2.62. The highest BCUT2D eigenvalue weighted by molar-refractivity contribution is 5.72. The Morgan fingerprint density at radius 3 is 2.67 bits per heavy atom. The Labute approximate surface area is 91.8 Å². The maximum atomic E-state index is 11.4. The molecule has 0 aromatic carbocycles. The molecule has 0 spiro atoms. The Bertz CT molecular complexity index is 225. The molecule has 2 N–H and O–H groups in total. The van der Waals surface area contributed by atoms with Gasteiger partial charge in [-0.25, -0.2) is 0 Å². The first-order chi connectivity index (χ1) is 6.98. The molecule has 0 aliphatic carbocycles. The van der Waals surface area contributed by atoms with E-state index in [2.05, 4.69) is 17.6 Å². The molecule has 1 fully saturated rings. The summed E-state index contributed by atoms with van der Waals surface area (Å²) in [5, 5.41) is 6.83. The molecule has 1 aliphatic heterocycles. The van der Waals surface area contributed by atoms with Crippen molar-refractivity contribution in [1.82, 2.24) is 10.6 Å². The molecular weight excluding hydrogens is 192 g/mol. The van der Waals surface area contributed by atoms with E-state index in [9.17, 15) is 4.79 Å². The Morgan fingerprint density at radius 2 is 2.20 bits per heavy atom. The highest BCUT2D eigenvalue weighted by Crippen LogP contribution is 2.17. The first-order valence-electron chi connectivity index (χ1n) is 5.55. The van der Waals surface area contributed by atoms with Crippen molar-refractivity contribution in [3.05, 3.63) is 0 Å². The van der Waals surface area contributed by atoms with E-state index in [4.69, 9.17) is 4.74 Å². The van der Waals surface area contributed by atoms with Crippen molar-refractivity contribution in [2.45, 2.75) is 38.8 Å². The van der Waals surface area contributed by atoms with Gasteiger partial charge in [-0.05, 0) is 26.8 Å². The fraction of sp³-hybridized carbons (Fsp3) is 0.909. The summed E-state index contributed by atoms with van der Waals surface area (Å²) in [6, 6.07) is 0.141. The van der Waals surface area contributed by atoms with Crippen molar-refractivity contribution >= 4 is 5.97 Å². The maximum Gasteiger partial charge on any atom is 0.309 e. The topological polar surface area (TPSA) is 50.4 Å². The van der Waals surface area contributed by atoms with E-state index < -0.39 is 0 Å². The zero-order valence-electron chi connectivity index (χ0n) is 10.1. The van der Waals surface area contributed by atoms with Crippen LogP contribution in [0.25, 0.3) is 0 Å². The monoisotopic (exact) mass is 214 g/mol. The number of rotatable bonds is 4. The summed E-state index contributed by atoms with van der Waals surface area (Å²) in [5.41, 5.74) is 0.113. The molecule has 0 bridgehead atoms. The van der Waals surface area contributed by atoms with Gasteiger partial charge in [0.05, 0.1) is 13.0 Å². The minimum atomic E-state index is -0.149. The smallest absolute Gasteiger partial charge is 0.309 e. The van der Waals surface area contributed by atoms with Crippen LogP contribution in [0.5, 0.6) is 0 Å². The van der Waals surface area contributed by atoms with Crippen LogP contribution < -0.4 is 10.6 Å². The lowest BCUT2D eigenvalue weighted by Crippen LogP contribution is -2.51. The van der Waals surface area contributed by atoms with Crippen LogP contribution in [0, 0.1) is 5.92 Å². The summed E-state index contributed by atoms with van der Waals surface area (Å²) in [5.74, 6) is -0.253. The lowest BCUT2D eigenvalue weighted by Gasteiger charge is -2.31. The van der Waals surface area contributed by atoms with Gasteiger partial charge >= 0.3 is 5.97 Å². The minimum absolute atomic E-state index is 0.104. The molecule has 0 aromatic rings. The van der Waals surface area contributed by atoms with Gasteiger partial charge in [0.15, 0.2) is 0 Å². The number of hydrogen-bond donors (Lipinski definition) is 2. The number of ether oxygens (including phenoxy) is 1. The second-order valence-electron chi connectivity index (χ2n) is 4.73. The molecule has 3 unspecified atom stereocenters. The van der Waals surface area contributed by atoms with Crippen LogP contribution in [-0.2, 0) is 9.53 Å². The highest BCUT2D eigenvalue weighted by Gasteiger charge is 2.32. The molecule has 1 rings (SSSR count). The number of carbonyl (C=O) groups is 1. The molecular formula is C11H22N2O2. The molecule has 1 heterocycles. The molecule has 0 aromatic heterocycles. The van der Waals surface area contributed by atoms with Crippen molar-refractivity contribution in [3.63, 3.8) is 0 Å². The molecule has 1 saturated heterocycles. The lowest BCUT2D eigenvalue weighted by atomic mass is 9.96. The van der Waals surface area contributed by atoms with E-state index in [0.717, 1.165) is 19.5 Å². The molecule has 15 heavy (non-hydrogen) atoms. The SMILES string of the molecule is COC(=O)C(C)C(C)NC1(C)CCNC1. The standard InChI is InChI=1S/C11H22N2O2/c1-8(10(14)15-4)9(2)13-11(3)5-6-12-7-11/h8-9,12-13H,5-7H2,1-4H3. The quantitative estimate of drug-likeness (QED) is 0.670. The molecule has 3 atom stereocenters. The zero-order chi connectivity index (χ0) is 11.5. The summed E-state index contributed by atoms with van der Waals surface area (Å²) in [4.78, 5) is 11.4.